The minimum Gasteiger partial charge on any atom is -0.496 e. The highest BCUT2D eigenvalue weighted by Crippen LogP contribution is 2.28. The van der Waals surface area contributed by atoms with E-state index in [0.29, 0.717) is 36.6 Å². The Hall–Kier alpha value is -2.13. The molecule has 0 saturated carbocycles. The maximum absolute atomic E-state index is 13.4. The summed E-state index contributed by atoms with van der Waals surface area (Å²) >= 11 is 5.90. The Labute approximate surface area is 174 Å². The van der Waals surface area contributed by atoms with E-state index in [2.05, 4.69) is 0 Å². The first-order valence-corrected chi connectivity index (χ1v) is 10.9. The number of halogens is 1. The van der Waals surface area contributed by atoms with Gasteiger partial charge in [-0.25, -0.2) is 13.2 Å². The predicted octanol–water partition coefficient (Wildman–Crippen LogP) is 3.42. The molecule has 156 valence electrons. The molecule has 0 atom stereocenters. The molecule has 1 N–H and O–H groups in total. The Bertz CT molecular complexity index is 971. The number of nitrogens with zero attached hydrogens (tertiary/aromatic N) is 1. The second-order valence-corrected chi connectivity index (χ2v) is 9.01. The van der Waals surface area contributed by atoms with Crippen LogP contribution in [0.5, 0.6) is 5.75 Å². The van der Waals surface area contributed by atoms with Crippen LogP contribution >= 0.6 is 11.6 Å². The molecule has 0 unspecified atom stereocenters. The van der Waals surface area contributed by atoms with Crippen molar-refractivity contribution in [3.05, 3.63) is 58.6 Å². The zero-order chi connectivity index (χ0) is 21.0. The highest BCUT2D eigenvalue weighted by atomic mass is 35.5. The van der Waals surface area contributed by atoms with E-state index < -0.39 is 16.0 Å². The van der Waals surface area contributed by atoms with E-state index in [-0.39, 0.29) is 28.8 Å². The molecule has 0 aromatic heterocycles. The van der Waals surface area contributed by atoms with Crippen LogP contribution in [0.25, 0.3) is 0 Å². The molecule has 0 bridgehead atoms. The average Bonchev–Trinajstić information content (AvgIpc) is 2.72. The van der Waals surface area contributed by atoms with Gasteiger partial charge >= 0.3 is 5.97 Å². The van der Waals surface area contributed by atoms with Gasteiger partial charge in [0.15, 0.2) is 0 Å². The van der Waals surface area contributed by atoms with Gasteiger partial charge in [0.1, 0.15) is 11.3 Å². The number of aromatic carboxylic acids is 1. The molecule has 1 saturated heterocycles. The minimum absolute atomic E-state index is 0.0131. The second kappa shape index (κ2) is 9.13. The van der Waals surface area contributed by atoms with Crippen molar-refractivity contribution in [3.63, 3.8) is 0 Å². The number of carboxylic acids is 1. The number of benzene rings is 2. The lowest BCUT2D eigenvalue weighted by Crippen LogP contribution is -2.42. The molecular formula is C20H22ClNO6S. The normalized spacial score (nSPS) is 15.4. The van der Waals surface area contributed by atoms with Gasteiger partial charge in [0.05, 0.1) is 12.0 Å². The molecule has 3 rings (SSSR count). The van der Waals surface area contributed by atoms with Gasteiger partial charge in [0, 0.05) is 30.8 Å². The highest BCUT2D eigenvalue weighted by Gasteiger charge is 2.33. The van der Waals surface area contributed by atoms with E-state index in [0.717, 1.165) is 0 Å². The second-order valence-electron chi connectivity index (χ2n) is 6.69. The summed E-state index contributed by atoms with van der Waals surface area (Å²) in [4.78, 5) is 11.7. The van der Waals surface area contributed by atoms with E-state index in [4.69, 9.17) is 21.1 Å². The van der Waals surface area contributed by atoms with E-state index in [9.17, 15) is 18.3 Å². The summed E-state index contributed by atoms with van der Waals surface area (Å²) in [7, 11) is -2.43. The molecule has 9 heteroatoms. The van der Waals surface area contributed by atoms with Crippen LogP contribution in [0.3, 0.4) is 0 Å². The first-order chi connectivity index (χ1) is 13.8. The fourth-order valence-electron chi connectivity index (χ4n) is 3.33. The third-order valence-corrected chi connectivity index (χ3v) is 7.02. The Morgan fingerprint density at radius 2 is 1.86 bits per heavy atom. The third-order valence-electron chi connectivity index (χ3n) is 4.85. The summed E-state index contributed by atoms with van der Waals surface area (Å²) in [6.45, 7) is 0.987. The molecule has 7 nitrogen and oxygen atoms in total. The summed E-state index contributed by atoms with van der Waals surface area (Å²) in [6.07, 6.45) is 1.13. The van der Waals surface area contributed by atoms with Crippen molar-refractivity contribution in [3.8, 4) is 5.75 Å². The third kappa shape index (κ3) is 4.90. The molecular weight excluding hydrogens is 418 g/mol. The summed E-state index contributed by atoms with van der Waals surface area (Å²) < 4.78 is 38.7. The van der Waals surface area contributed by atoms with Crippen molar-refractivity contribution in [2.45, 2.75) is 30.3 Å². The number of rotatable bonds is 7. The fourth-order valence-corrected chi connectivity index (χ4v) is 5.13. The lowest BCUT2D eigenvalue weighted by molar-refractivity contribution is 0.0569. The topological polar surface area (TPSA) is 93.1 Å². The van der Waals surface area contributed by atoms with Crippen molar-refractivity contribution in [1.82, 2.24) is 4.31 Å². The van der Waals surface area contributed by atoms with Crippen LogP contribution in [0.1, 0.15) is 28.8 Å². The molecule has 1 aliphatic heterocycles. The molecule has 1 heterocycles. The highest BCUT2D eigenvalue weighted by molar-refractivity contribution is 7.89. The molecule has 0 spiro atoms. The minimum atomic E-state index is -3.82. The van der Waals surface area contributed by atoms with E-state index in [1.165, 1.54) is 47.8 Å². The molecule has 2 aromatic carbocycles. The van der Waals surface area contributed by atoms with Gasteiger partial charge in [-0.05, 0) is 54.8 Å². The summed E-state index contributed by atoms with van der Waals surface area (Å²) in [6, 6.07) is 10.4. The van der Waals surface area contributed by atoms with Crippen LogP contribution in [0, 0.1) is 0 Å². The van der Waals surface area contributed by atoms with E-state index in [1.807, 2.05) is 0 Å². The van der Waals surface area contributed by atoms with Crippen molar-refractivity contribution in [2.24, 2.45) is 0 Å². The van der Waals surface area contributed by atoms with Crippen molar-refractivity contribution in [2.75, 3.05) is 20.3 Å². The summed E-state index contributed by atoms with van der Waals surface area (Å²) in [5, 5.41) is 9.87. The van der Waals surface area contributed by atoms with E-state index >= 15 is 0 Å². The fraction of sp³-hybridized carbons (Fsp3) is 0.350. The van der Waals surface area contributed by atoms with Crippen LogP contribution in [-0.4, -0.2) is 50.2 Å². The summed E-state index contributed by atoms with van der Waals surface area (Å²) in [5.74, 6) is -0.915. The number of ether oxygens (including phenoxy) is 2. The molecule has 1 fully saturated rings. The van der Waals surface area contributed by atoms with Crippen LogP contribution in [-0.2, 0) is 21.3 Å². The molecule has 2 aromatic rings. The van der Waals surface area contributed by atoms with Crippen molar-refractivity contribution >= 4 is 27.6 Å². The number of hydrogen-bond donors (Lipinski definition) is 1. The van der Waals surface area contributed by atoms with Crippen LogP contribution < -0.4 is 4.74 Å². The van der Waals surface area contributed by atoms with Crippen molar-refractivity contribution < 1.29 is 27.8 Å². The predicted molar refractivity (Wildman–Crippen MR) is 108 cm³/mol. The molecule has 0 amide bonds. The molecule has 1 aliphatic rings. The van der Waals surface area contributed by atoms with Crippen molar-refractivity contribution in [1.29, 1.82) is 0 Å². The number of methoxy groups -OCH3 is 1. The maximum Gasteiger partial charge on any atom is 0.339 e. The lowest BCUT2D eigenvalue weighted by Gasteiger charge is -2.33. The zero-order valence-corrected chi connectivity index (χ0v) is 17.4. The lowest BCUT2D eigenvalue weighted by atomic mass is 10.1. The van der Waals surface area contributed by atoms with Gasteiger partial charge < -0.3 is 14.6 Å². The van der Waals surface area contributed by atoms with Gasteiger partial charge in [-0.3, -0.25) is 0 Å². The van der Waals surface area contributed by atoms with Gasteiger partial charge in [-0.15, -0.1) is 0 Å². The van der Waals surface area contributed by atoms with Gasteiger partial charge in [-0.1, -0.05) is 17.7 Å². The Morgan fingerprint density at radius 3 is 2.45 bits per heavy atom. The Kier molecular flexibility index (Phi) is 6.79. The molecule has 29 heavy (non-hydrogen) atoms. The first-order valence-electron chi connectivity index (χ1n) is 9.08. The SMILES string of the molecule is COc1ccc(CN(C2CCOCC2)S(=O)(=O)c2ccc(Cl)cc2)cc1C(=O)O. The number of sulfonamides is 1. The number of hydrogen-bond acceptors (Lipinski definition) is 5. The molecule has 0 radical (unpaired) electrons. The Balaban J connectivity index is 1.99. The Morgan fingerprint density at radius 1 is 1.21 bits per heavy atom. The van der Waals surface area contributed by atoms with Crippen LogP contribution in [0.15, 0.2) is 47.4 Å². The van der Waals surface area contributed by atoms with Gasteiger partial charge in [0.25, 0.3) is 0 Å². The summed E-state index contributed by atoms with van der Waals surface area (Å²) in [5.41, 5.74) is 0.549. The average molecular weight is 440 g/mol. The smallest absolute Gasteiger partial charge is 0.339 e. The number of carboxylic acid groups (broad SMARTS) is 1. The van der Waals surface area contributed by atoms with Gasteiger partial charge in [-0.2, -0.15) is 4.31 Å². The maximum atomic E-state index is 13.4. The zero-order valence-electron chi connectivity index (χ0n) is 15.9. The van der Waals surface area contributed by atoms with Crippen LogP contribution in [0.2, 0.25) is 5.02 Å². The monoisotopic (exact) mass is 439 g/mol. The van der Waals surface area contributed by atoms with E-state index in [1.54, 1.807) is 6.07 Å². The quantitative estimate of drug-likeness (QED) is 0.710. The first kappa shape index (κ1) is 21.6. The van der Waals surface area contributed by atoms with Gasteiger partial charge in [0.2, 0.25) is 10.0 Å². The standard InChI is InChI=1S/C20H22ClNO6S/c1-27-19-7-2-14(12-18(19)20(23)24)13-22(16-8-10-28-11-9-16)29(25,26)17-5-3-15(21)4-6-17/h2-7,12,16H,8-11,13H2,1H3,(H,23,24). The number of carbonyl (C=O) groups is 1. The molecule has 0 aliphatic carbocycles. The largest absolute Gasteiger partial charge is 0.496 e. The van der Waals surface area contributed by atoms with Crippen LogP contribution in [0.4, 0.5) is 0 Å².